The lowest BCUT2D eigenvalue weighted by Crippen LogP contribution is -2.64. The number of amides is 3. The van der Waals surface area contributed by atoms with Crippen molar-refractivity contribution in [3.63, 3.8) is 0 Å². The minimum atomic E-state index is 0.00463. The number of carbonyl (C=O) groups excluding carboxylic acids is 3. The molecule has 37 heavy (non-hydrogen) atoms. The molecule has 3 aliphatic rings. The first-order chi connectivity index (χ1) is 18.1. The number of aromatic nitrogens is 1. The molecule has 0 bridgehead atoms. The molecular weight excluding hydrogens is 486 g/mol. The van der Waals surface area contributed by atoms with E-state index in [2.05, 4.69) is 16.0 Å². The lowest BCUT2D eigenvalue weighted by molar-refractivity contribution is 0.00838. The normalized spacial score (nSPS) is 18.3. The second-order valence-corrected chi connectivity index (χ2v) is 10.7. The maximum atomic E-state index is 13.5. The Labute approximate surface area is 220 Å². The standard InChI is InChI=1S/C28H29N5O3S/c34-26(21-5-2-1-3-6-21)32-11-9-20-7-4-8-23(24(20)19-32)27(35)33-17-22(18-33)30-12-14-31(15-13-30)28(36)25-29-10-16-37-25/h1-8,10,16,22H,9,11-15,17-19H2. The lowest BCUT2D eigenvalue weighted by Gasteiger charge is -2.48. The van der Waals surface area contributed by atoms with Gasteiger partial charge >= 0.3 is 0 Å². The number of carbonyl (C=O) groups is 3. The Morgan fingerprint density at radius 3 is 2.30 bits per heavy atom. The highest BCUT2D eigenvalue weighted by Gasteiger charge is 2.38. The lowest BCUT2D eigenvalue weighted by atomic mass is 9.92. The van der Waals surface area contributed by atoms with Gasteiger partial charge < -0.3 is 14.7 Å². The fraction of sp³-hybridized carbons (Fsp3) is 0.357. The molecule has 2 saturated heterocycles. The maximum Gasteiger partial charge on any atom is 0.282 e. The summed E-state index contributed by atoms with van der Waals surface area (Å²) in [6.07, 6.45) is 2.41. The highest BCUT2D eigenvalue weighted by molar-refractivity contribution is 7.11. The molecule has 3 aliphatic heterocycles. The van der Waals surface area contributed by atoms with Gasteiger partial charge in [0.2, 0.25) is 0 Å². The number of hydrogen-bond acceptors (Lipinski definition) is 6. The van der Waals surface area contributed by atoms with Crippen molar-refractivity contribution in [3.05, 3.63) is 87.4 Å². The number of benzene rings is 2. The van der Waals surface area contributed by atoms with Crippen molar-refractivity contribution < 1.29 is 14.4 Å². The first-order valence-electron chi connectivity index (χ1n) is 12.8. The molecule has 8 nitrogen and oxygen atoms in total. The Kier molecular flexibility index (Phi) is 6.48. The SMILES string of the molecule is O=C(c1ccccc1)N1CCc2cccc(C(=O)N3CC(N4CCN(C(=O)c5nccs5)CC4)C3)c2C1. The summed E-state index contributed by atoms with van der Waals surface area (Å²) in [5.41, 5.74) is 3.51. The van der Waals surface area contributed by atoms with Crippen molar-refractivity contribution in [2.45, 2.75) is 19.0 Å². The molecule has 190 valence electrons. The van der Waals surface area contributed by atoms with Gasteiger partial charge in [-0.3, -0.25) is 19.3 Å². The van der Waals surface area contributed by atoms with Crippen molar-refractivity contribution in [2.24, 2.45) is 0 Å². The van der Waals surface area contributed by atoms with E-state index in [1.807, 2.05) is 62.5 Å². The predicted octanol–water partition coefficient (Wildman–Crippen LogP) is 2.62. The zero-order valence-corrected chi connectivity index (χ0v) is 21.4. The van der Waals surface area contributed by atoms with Gasteiger partial charge in [0.05, 0.1) is 0 Å². The van der Waals surface area contributed by atoms with E-state index in [1.165, 1.54) is 11.3 Å². The third kappa shape index (κ3) is 4.65. The van der Waals surface area contributed by atoms with E-state index in [1.54, 1.807) is 6.20 Å². The van der Waals surface area contributed by atoms with Crippen LogP contribution < -0.4 is 0 Å². The first kappa shape index (κ1) is 23.8. The van der Waals surface area contributed by atoms with Crippen LogP contribution >= 0.6 is 11.3 Å². The summed E-state index contributed by atoms with van der Waals surface area (Å²) < 4.78 is 0. The molecule has 3 amide bonds. The molecule has 0 saturated carbocycles. The van der Waals surface area contributed by atoms with Crippen molar-refractivity contribution in [2.75, 3.05) is 45.8 Å². The first-order valence-corrected chi connectivity index (χ1v) is 13.6. The Morgan fingerprint density at radius 2 is 1.57 bits per heavy atom. The molecule has 2 aromatic carbocycles. The summed E-state index contributed by atoms with van der Waals surface area (Å²) >= 11 is 1.38. The molecule has 4 heterocycles. The molecule has 0 unspecified atom stereocenters. The number of piperazine rings is 1. The molecule has 6 rings (SSSR count). The molecule has 0 radical (unpaired) electrons. The minimum absolute atomic E-state index is 0.00463. The molecule has 0 aliphatic carbocycles. The van der Waals surface area contributed by atoms with E-state index in [0.717, 1.165) is 30.6 Å². The summed E-state index contributed by atoms with van der Waals surface area (Å²) in [6.45, 7) is 5.46. The number of fused-ring (bicyclic) bond motifs is 1. The number of hydrogen-bond donors (Lipinski definition) is 0. The van der Waals surface area contributed by atoms with Gasteiger partial charge in [0.15, 0.2) is 5.01 Å². The monoisotopic (exact) mass is 515 g/mol. The maximum absolute atomic E-state index is 13.5. The zero-order chi connectivity index (χ0) is 25.4. The van der Waals surface area contributed by atoms with Crippen LogP contribution in [0.2, 0.25) is 0 Å². The average Bonchev–Trinajstić information content (AvgIpc) is 3.47. The van der Waals surface area contributed by atoms with Crippen LogP contribution in [0.5, 0.6) is 0 Å². The summed E-state index contributed by atoms with van der Waals surface area (Å²) in [6, 6.07) is 15.6. The van der Waals surface area contributed by atoms with Gasteiger partial charge in [0.1, 0.15) is 0 Å². The van der Waals surface area contributed by atoms with Gasteiger partial charge in [0, 0.05) is 81.1 Å². The topological polar surface area (TPSA) is 77.1 Å². The van der Waals surface area contributed by atoms with Crippen LogP contribution in [-0.2, 0) is 13.0 Å². The van der Waals surface area contributed by atoms with Gasteiger partial charge in [0.25, 0.3) is 17.7 Å². The van der Waals surface area contributed by atoms with Crippen LogP contribution in [0.4, 0.5) is 0 Å². The van der Waals surface area contributed by atoms with E-state index in [-0.39, 0.29) is 17.7 Å². The molecule has 0 N–H and O–H groups in total. The van der Waals surface area contributed by atoms with Crippen LogP contribution in [0.3, 0.4) is 0 Å². The van der Waals surface area contributed by atoms with E-state index >= 15 is 0 Å². The molecule has 9 heteroatoms. The van der Waals surface area contributed by atoms with Crippen LogP contribution in [0.1, 0.15) is 41.6 Å². The molecule has 0 spiro atoms. The molecular formula is C28H29N5O3S. The quantitative estimate of drug-likeness (QED) is 0.534. The molecule has 1 aromatic heterocycles. The third-order valence-electron chi connectivity index (χ3n) is 7.69. The summed E-state index contributed by atoms with van der Waals surface area (Å²) in [5.74, 6) is 0.0541. The highest BCUT2D eigenvalue weighted by atomic mass is 32.1. The summed E-state index contributed by atoms with van der Waals surface area (Å²) in [4.78, 5) is 51.2. The molecule has 2 fully saturated rings. The smallest absolute Gasteiger partial charge is 0.282 e. The summed E-state index contributed by atoms with van der Waals surface area (Å²) in [5, 5.41) is 2.37. The number of rotatable bonds is 4. The van der Waals surface area contributed by atoms with Crippen LogP contribution in [-0.4, -0.2) is 94.2 Å². The number of thiazole rings is 1. The highest BCUT2D eigenvalue weighted by Crippen LogP contribution is 2.27. The van der Waals surface area contributed by atoms with Crippen molar-refractivity contribution in [1.82, 2.24) is 24.6 Å². The van der Waals surface area contributed by atoms with Gasteiger partial charge in [-0.05, 0) is 35.7 Å². The van der Waals surface area contributed by atoms with E-state index in [0.29, 0.717) is 61.4 Å². The van der Waals surface area contributed by atoms with Gasteiger partial charge in [-0.1, -0.05) is 30.3 Å². The van der Waals surface area contributed by atoms with Gasteiger partial charge in [-0.2, -0.15) is 0 Å². The summed E-state index contributed by atoms with van der Waals surface area (Å²) in [7, 11) is 0. The average molecular weight is 516 g/mol. The van der Waals surface area contributed by atoms with Crippen molar-refractivity contribution in [3.8, 4) is 0 Å². The Morgan fingerprint density at radius 1 is 0.784 bits per heavy atom. The van der Waals surface area contributed by atoms with E-state index in [9.17, 15) is 14.4 Å². The fourth-order valence-corrected chi connectivity index (χ4v) is 6.10. The Bertz CT molecular complexity index is 1300. The largest absolute Gasteiger partial charge is 0.335 e. The van der Waals surface area contributed by atoms with Crippen LogP contribution in [0.25, 0.3) is 0 Å². The second-order valence-electron chi connectivity index (χ2n) is 9.82. The van der Waals surface area contributed by atoms with Crippen LogP contribution in [0, 0.1) is 0 Å². The molecule has 0 atom stereocenters. The fourth-order valence-electron chi connectivity index (χ4n) is 5.49. The zero-order valence-electron chi connectivity index (χ0n) is 20.6. The molecule has 3 aromatic rings. The Balaban J connectivity index is 1.07. The van der Waals surface area contributed by atoms with Crippen molar-refractivity contribution >= 4 is 29.1 Å². The van der Waals surface area contributed by atoms with Gasteiger partial charge in [-0.25, -0.2) is 4.98 Å². The number of nitrogens with zero attached hydrogens (tertiary/aromatic N) is 5. The van der Waals surface area contributed by atoms with Crippen molar-refractivity contribution in [1.29, 1.82) is 0 Å². The third-order valence-corrected chi connectivity index (χ3v) is 8.46. The van der Waals surface area contributed by atoms with E-state index in [4.69, 9.17) is 0 Å². The van der Waals surface area contributed by atoms with E-state index < -0.39 is 0 Å². The number of likely N-dealkylation sites (tertiary alicyclic amines) is 1. The second kappa shape index (κ2) is 10.1. The predicted molar refractivity (Wildman–Crippen MR) is 141 cm³/mol. The van der Waals surface area contributed by atoms with Gasteiger partial charge in [-0.15, -0.1) is 11.3 Å². The Hall–Kier alpha value is -3.56. The van der Waals surface area contributed by atoms with Crippen LogP contribution in [0.15, 0.2) is 60.1 Å². The minimum Gasteiger partial charge on any atom is -0.335 e.